The highest BCUT2D eigenvalue weighted by atomic mass is 32.1. The molecule has 0 bridgehead atoms. The molecule has 0 fully saturated rings. The number of fused-ring (bicyclic) bond motifs is 3. The molecule has 1 atom stereocenters. The number of nitrogens with two attached hydrogens (primary N) is 1. The second-order valence-corrected chi connectivity index (χ2v) is 8.79. The molecule has 0 saturated carbocycles. The average molecular weight is 433 g/mol. The molecule has 5 rings (SSSR count). The summed E-state index contributed by atoms with van der Waals surface area (Å²) in [5.74, 6) is 1.29. The Morgan fingerprint density at radius 2 is 1.94 bits per heavy atom. The van der Waals surface area contributed by atoms with Gasteiger partial charge in [-0.05, 0) is 36.6 Å². The van der Waals surface area contributed by atoms with E-state index in [9.17, 15) is 9.59 Å². The fraction of sp³-hybridized carbons (Fsp3) is 0.208. The molecule has 2 aromatic heterocycles. The van der Waals surface area contributed by atoms with Crippen molar-refractivity contribution in [3.63, 3.8) is 0 Å². The van der Waals surface area contributed by atoms with Crippen molar-refractivity contribution in [3.8, 4) is 11.5 Å². The number of pyridine rings is 1. The average Bonchev–Trinajstić information content (AvgIpc) is 3.34. The molecule has 1 unspecified atom stereocenters. The van der Waals surface area contributed by atoms with Crippen LogP contribution in [0.3, 0.4) is 0 Å². The molecule has 2 aromatic carbocycles. The van der Waals surface area contributed by atoms with E-state index < -0.39 is 0 Å². The predicted molar refractivity (Wildman–Crippen MR) is 121 cm³/mol. The zero-order valence-electron chi connectivity index (χ0n) is 17.1. The first kappa shape index (κ1) is 19.5. The maximum absolute atomic E-state index is 13.1. The maximum atomic E-state index is 13.1. The Balaban J connectivity index is 1.47. The topological polar surface area (TPSA) is 91.5 Å². The third kappa shape index (κ3) is 3.41. The van der Waals surface area contributed by atoms with Gasteiger partial charge in [-0.15, -0.1) is 11.3 Å². The fourth-order valence-electron chi connectivity index (χ4n) is 3.85. The molecule has 7 heteroatoms. The molecule has 0 radical (unpaired) electrons. The summed E-state index contributed by atoms with van der Waals surface area (Å²) in [4.78, 5) is 30.7. The Morgan fingerprint density at radius 1 is 1.16 bits per heavy atom. The quantitative estimate of drug-likeness (QED) is 0.428. The van der Waals surface area contributed by atoms with E-state index in [1.165, 1.54) is 18.3 Å². The molecule has 0 aliphatic carbocycles. The van der Waals surface area contributed by atoms with Gasteiger partial charge in [-0.1, -0.05) is 25.1 Å². The molecule has 31 heavy (non-hydrogen) atoms. The van der Waals surface area contributed by atoms with Gasteiger partial charge in [-0.25, -0.2) is 4.98 Å². The minimum atomic E-state index is -0.0410. The summed E-state index contributed by atoms with van der Waals surface area (Å²) in [7, 11) is 0. The Morgan fingerprint density at radius 3 is 2.71 bits per heavy atom. The number of aromatic nitrogens is 1. The second kappa shape index (κ2) is 7.35. The lowest BCUT2D eigenvalue weighted by molar-refractivity contribution is 0.0979. The van der Waals surface area contributed by atoms with E-state index in [1.54, 1.807) is 6.07 Å². The summed E-state index contributed by atoms with van der Waals surface area (Å²) >= 11 is 1.31. The molecule has 3 heterocycles. The van der Waals surface area contributed by atoms with E-state index >= 15 is 0 Å². The summed E-state index contributed by atoms with van der Waals surface area (Å²) < 4.78 is 10.9. The fourth-order valence-corrected chi connectivity index (χ4v) is 4.88. The van der Waals surface area contributed by atoms with Crippen molar-refractivity contribution in [3.05, 3.63) is 58.5 Å². The highest BCUT2D eigenvalue weighted by Crippen LogP contribution is 2.40. The summed E-state index contributed by atoms with van der Waals surface area (Å²) in [5, 5.41) is 1.65. The van der Waals surface area contributed by atoms with Gasteiger partial charge in [0.15, 0.2) is 23.1 Å². The molecule has 4 aromatic rings. The van der Waals surface area contributed by atoms with Crippen LogP contribution >= 0.6 is 11.3 Å². The molecule has 156 valence electrons. The SMILES string of the molecule is CC(=O)c1cccc(C(C)CC(=O)c2sc3nc4cc5c(cc4cc3c2N)OCO5)c1. The van der Waals surface area contributed by atoms with Gasteiger partial charge >= 0.3 is 0 Å². The monoisotopic (exact) mass is 432 g/mol. The first-order valence-electron chi connectivity index (χ1n) is 9.97. The van der Waals surface area contributed by atoms with Gasteiger partial charge in [0.25, 0.3) is 0 Å². The molecule has 1 aliphatic rings. The number of carbonyl (C=O) groups excluding carboxylic acids is 2. The molecule has 0 amide bonds. The van der Waals surface area contributed by atoms with E-state index in [4.69, 9.17) is 20.2 Å². The molecule has 1 aliphatic heterocycles. The van der Waals surface area contributed by atoms with Crippen LogP contribution in [0.2, 0.25) is 0 Å². The zero-order valence-corrected chi connectivity index (χ0v) is 17.9. The molecule has 0 saturated heterocycles. The van der Waals surface area contributed by atoms with Crippen molar-refractivity contribution in [2.75, 3.05) is 12.5 Å². The van der Waals surface area contributed by atoms with E-state index in [1.807, 2.05) is 43.3 Å². The maximum Gasteiger partial charge on any atom is 0.231 e. The lowest BCUT2D eigenvalue weighted by atomic mass is 9.93. The second-order valence-electron chi connectivity index (χ2n) is 7.79. The normalized spacial score (nSPS) is 13.6. The van der Waals surface area contributed by atoms with Gasteiger partial charge < -0.3 is 15.2 Å². The number of carbonyl (C=O) groups is 2. The first-order valence-corrected chi connectivity index (χ1v) is 10.8. The summed E-state index contributed by atoms with van der Waals surface area (Å²) in [6, 6.07) is 13.1. The van der Waals surface area contributed by atoms with E-state index in [-0.39, 0.29) is 24.3 Å². The van der Waals surface area contributed by atoms with Crippen LogP contribution in [-0.4, -0.2) is 23.3 Å². The molecule has 2 N–H and O–H groups in total. The number of hydrogen-bond acceptors (Lipinski definition) is 7. The standard InChI is InChI=1S/C24H20N2O4S/c1-12(14-4-3-5-15(7-14)13(2)27)6-19(28)23-22(25)17-8-16-9-20-21(30-11-29-20)10-18(16)26-24(17)31-23/h3-5,7-10,12H,6,11,25H2,1-2H3. The van der Waals surface area contributed by atoms with Gasteiger partial charge in [0.05, 0.1) is 16.1 Å². The van der Waals surface area contributed by atoms with Crippen LogP contribution < -0.4 is 15.2 Å². The van der Waals surface area contributed by atoms with E-state index in [2.05, 4.69) is 0 Å². The number of hydrogen-bond donors (Lipinski definition) is 1. The number of rotatable bonds is 5. The van der Waals surface area contributed by atoms with Crippen LogP contribution in [0.15, 0.2) is 42.5 Å². The third-order valence-electron chi connectivity index (χ3n) is 5.61. The van der Waals surface area contributed by atoms with Crippen molar-refractivity contribution in [1.82, 2.24) is 4.98 Å². The Kier molecular flexibility index (Phi) is 4.63. The highest BCUT2D eigenvalue weighted by Gasteiger charge is 2.22. The van der Waals surface area contributed by atoms with Gasteiger partial charge in [0.1, 0.15) is 4.83 Å². The van der Waals surface area contributed by atoms with Crippen molar-refractivity contribution < 1.29 is 19.1 Å². The van der Waals surface area contributed by atoms with Crippen LogP contribution in [0, 0.1) is 0 Å². The zero-order chi connectivity index (χ0) is 21.7. The van der Waals surface area contributed by atoms with Gasteiger partial charge in [-0.2, -0.15) is 0 Å². The number of ketones is 2. The van der Waals surface area contributed by atoms with Crippen molar-refractivity contribution >= 4 is 49.7 Å². The van der Waals surface area contributed by atoms with Crippen molar-refractivity contribution in [2.24, 2.45) is 0 Å². The summed E-state index contributed by atoms with van der Waals surface area (Å²) in [6.07, 6.45) is 0.299. The first-order chi connectivity index (χ1) is 14.9. The smallest absolute Gasteiger partial charge is 0.231 e. The Labute approximate surface area is 182 Å². The molecular weight excluding hydrogens is 412 g/mol. The molecular formula is C24H20N2O4S. The van der Waals surface area contributed by atoms with Gasteiger partial charge in [0, 0.05) is 28.8 Å². The number of Topliss-reactive ketones (excluding diaryl/α,β-unsaturated/α-hetero) is 2. The van der Waals surface area contributed by atoms with E-state index in [0.29, 0.717) is 34.0 Å². The Hall–Kier alpha value is -3.45. The lowest BCUT2D eigenvalue weighted by Crippen LogP contribution is -2.06. The van der Waals surface area contributed by atoms with Crippen LogP contribution in [0.5, 0.6) is 11.5 Å². The number of nitrogen functional groups attached to an aromatic ring is 1. The van der Waals surface area contributed by atoms with Crippen LogP contribution in [0.1, 0.15) is 51.8 Å². The Bertz CT molecular complexity index is 1380. The minimum absolute atomic E-state index is 0.00837. The van der Waals surface area contributed by atoms with Gasteiger partial charge in [-0.3, -0.25) is 9.59 Å². The number of benzene rings is 2. The molecule has 0 spiro atoms. The van der Waals surface area contributed by atoms with Crippen molar-refractivity contribution in [1.29, 1.82) is 0 Å². The van der Waals surface area contributed by atoms with Crippen LogP contribution in [0.4, 0.5) is 5.69 Å². The van der Waals surface area contributed by atoms with Crippen LogP contribution in [-0.2, 0) is 0 Å². The van der Waals surface area contributed by atoms with Crippen LogP contribution in [0.25, 0.3) is 21.1 Å². The predicted octanol–water partition coefficient (Wildman–Crippen LogP) is 5.34. The lowest BCUT2D eigenvalue weighted by Gasteiger charge is -2.11. The number of anilines is 1. The largest absolute Gasteiger partial charge is 0.454 e. The van der Waals surface area contributed by atoms with Gasteiger partial charge in [0.2, 0.25) is 6.79 Å². The molecule has 6 nitrogen and oxygen atoms in total. The highest BCUT2D eigenvalue weighted by molar-refractivity contribution is 7.21. The van der Waals surface area contributed by atoms with Crippen molar-refractivity contribution in [2.45, 2.75) is 26.2 Å². The number of nitrogens with zero attached hydrogens (tertiary/aromatic N) is 1. The third-order valence-corrected chi connectivity index (χ3v) is 6.77. The minimum Gasteiger partial charge on any atom is -0.454 e. The summed E-state index contributed by atoms with van der Waals surface area (Å²) in [6.45, 7) is 3.72. The van der Waals surface area contributed by atoms with E-state index in [0.717, 1.165) is 26.7 Å². The number of ether oxygens (including phenoxy) is 2. The number of thiophene rings is 1. The summed E-state index contributed by atoms with van der Waals surface area (Å²) in [5.41, 5.74) is 9.21.